The van der Waals surface area contributed by atoms with Gasteiger partial charge in [-0.3, -0.25) is 0 Å². The SMILES string of the molecule is CNCc1noc(-c2cc(C(C)(C)C)c(O)c(C(C)(C)C)c2)n1. The molecular weight excluding hydrogens is 290 g/mol. The number of phenols is 1. The molecule has 1 heterocycles. The van der Waals surface area contributed by atoms with E-state index in [1.165, 1.54) is 0 Å². The van der Waals surface area contributed by atoms with Gasteiger partial charge >= 0.3 is 0 Å². The van der Waals surface area contributed by atoms with E-state index in [1.807, 2.05) is 19.2 Å². The Balaban J connectivity index is 2.64. The minimum atomic E-state index is -0.187. The first-order valence-corrected chi connectivity index (χ1v) is 7.89. The van der Waals surface area contributed by atoms with Gasteiger partial charge in [-0.25, -0.2) is 0 Å². The summed E-state index contributed by atoms with van der Waals surface area (Å²) in [5, 5.41) is 17.7. The molecule has 1 aromatic carbocycles. The fourth-order valence-electron chi connectivity index (χ4n) is 2.50. The average molecular weight is 317 g/mol. The first-order chi connectivity index (χ1) is 10.5. The Labute approximate surface area is 138 Å². The molecule has 0 bridgehead atoms. The highest BCUT2D eigenvalue weighted by molar-refractivity contribution is 5.62. The number of aromatic hydroxyl groups is 1. The highest BCUT2D eigenvalue weighted by Crippen LogP contribution is 2.41. The maximum Gasteiger partial charge on any atom is 0.257 e. The van der Waals surface area contributed by atoms with Gasteiger partial charge in [-0.2, -0.15) is 4.98 Å². The van der Waals surface area contributed by atoms with Crippen molar-refractivity contribution in [2.75, 3.05) is 7.05 Å². The van der Waals surface area contributed by atoms with Gasteiger partial charge < -0.3 is 14.9 Å². The van der Waals surface area contributed by atoms with Gasteiger partial charge in [0.1, 0.15) is 5.75 Å². The van der Waals surface area contributed by atoms with Crippen LogP contribution in [0.2, 0.25) is 0 Å². The number of nitrogens with zero attached hydrogens (tertiary/aromatic N) is 2. The zero-order chi connectivity index (χ0) is 17.4. The van der Waals surface area contributed by atoms with Crippen LogP contribution in [0.5, 0.6) is 5.75 Å². The smallest absolute Gasteiger partial charge is 0.257 e. The van der Waals surface area contributed by atoms with Crippen molar-refractivity contribution in [3.8, 4) is 17.2 Å². The van der Waals surface area contributed by atoms with Crippen molar-refractivity contribution in [1.29, 1.82) is 0 Å². The zero-order valence-electron chi connectivity index (χ0n) is 15.1. The molecule has 5 nitrogen and oxygen atoms in total. The van der Waals surface area contributed by atoms with Gasteiger partial charge in [0.05, 0.1) is 6.54 Å². The van der Waals surface area contributed by atoms with E-state index in [2.05, 4.69) is 57.0 Å². The molecule has 0 aliphatic rings. The second-order valence-electron chi connectivity index (χ2n) is 7.97. The minimum Gasteiger partial charge on any atom is -0.507 e. The number of hydrogen-bond acceptors (Lipinski definition) is 5. The summed E-state index contributed by atoms with van der Waals surface area (Å²) in [5.41, 5.74) is 2.23. The molecule has 0 spiro atoms. The summed E-state index contributed by atoms with van der Waals surface area (Å²) < 4.78 is 5.40. The molecule has 0 atom stereocenters. The lowest BCUT2D eigenvalue weighted by atomic mass is 9.78. The molecule has 2 aromatic rings. The molecule has 0 fully saturated rings. The van der Waals surface area contributed by atoms with Crippen molar-refractivity contribution in [3.05, 3.63) is 29.1 Å². The van der Waals surface area contributed by atoms with Crippen LogP contribution in [0, 0.1) is 0 Å². The summed E-state index contributed by atoms with van der Waals surface area (Å²) in [4.78, 5) is 4.42. The molecule has 2 N–H and O–H groups in total. The Bertz CT molecular complexity index is 656. The monoisotopic (exact) mass is 317 g/mol. The molecule has 0 unspecified atom stereocenters. The molecular formula is C18H27N3O2. The molecule has 1 aromatic heterocycles. The predicted molar refractivity (Wildman–Crippen MR) is 91.6 cm³/mol. The molecule has 0 amide bonds. The number of benzene rings is 1. The summed E-state index contributed by atoms with van der Waals surface area (Å²) in [5.74, 6) is 1.44. The van der Waals surface area contributed by atoms with E-state index in [1.54, 1.807) is 0 Å². The van der Waals surface area contributed by atoms with E-state index < -0.39 is 0 Å². The third kappa shape index (κ3) is 3.72. The maximum absolute atomic E-state index is 10.7. The lowest BCUT2D eigenvalue weighted by Gasteiger charge is -2.27. The van der Waals surface area contributed by atoms with Crippen LogP contribution in [0.3, 0.4) is 0 Å². The quantitative estimate of drug-likeness (QED) is 0.902. The molecule has 0 radical (unpaired) electrons. The van der Waals surface area contributed by atoms with Crippen molar-refractivity contribution in [3.63, 3.8) is 0 Å². The first-order valence-electron chi connectivity index (χ1n) is 7.89. The fourth-order valence-corrected chi connectivity index (χ4v) is 2.50. The van der Waals surface area contributed by atoms with E-state index in [-0.39, 0.29) is 10.8 Å². The highest BCUT2D eigenvalue weighted by Gasteiger charge is 2.27. The summed E-state index contributed by atoms with van der Waals surface area (Å²) >= 11 is 0. The highest BCUT2D eigenvalue weighted by atomic mass is 16.5. The lowest BCUT2D eigenvalue weighted by molar-refractivity contribution is 0.416. The van der Waals surface area contributed by atoms with Gasteiger partial charge in [0.25, 0.3) is 5.89 Å². The summed E-state index contributed by atoms with van der Waals surface area (Å²) in [6.45, 7) is 13.0. The normalized spacial score (nSPS) is 12.7. The molecule has 5 heteroatoms. The Hall–Kier alpha value is -1.88. The molecule has 0 aliphatic heterocycles. The van der Waals surface area contributed by atoms with E-state index >= 15 is 0 Å². The van der Waals surface area contributed by atoms with Crippen LogP contribution in [0.4, 0.5) is 0 Å². The Morgan fingerprint density at radius 3 is 2.00 bits per heavy atom. The van der Waals surface area contributed by atoms with Crippen LogP contribution in [0.25, 0.3) is 11.5 Å². The van der Waals surface area contributed by atoms with Gasteiger partial charge in [-0.15, -0.1) is 0 Å². The van der Waals surface area contributed by atoms with Crippen LogP contribution in [0.15, 0.2) is 16.7 Å². The van der Waals surface area contributed by atoms with Gasteiger partial charge in [0, 0.05) is 16.7 Å². The zero-order valence-corrected chi connectivity index (χ0v) is 15.1. The number of phenolic OH excluding ortho intramolecular Hbond substituents is 1. The third-order valence-electron chi connectivity index (χ3n) is 3.78. The minimum absolute atomic E-state index is 0.187. The summed E-state index contributed by atoms with van der Waals surface area (Å²) in [6, 6.07) is 3.89. The van der Waals surface area contributed by atoms with Crippen molar-refractivity contribution >= 4 is 0 Å². The predicted octanol–water partition coefficient (Wildman–Crippen LogP) is 3.76. The van der Waals surface area contributed by atoms with Crippen LogP contribution in [0.1, 0.15) is 58.5 Å². The van der Waals surface area contributed by atoms with Crippen LogP contribution < -0.4 is 5.32 Å². The van der Waals surface area contributed by atoms with Gasteiger partial charge in [-0.05, 0) is 30.0 Å². The number of nitrogens with one attached hydrogen (secondary N) is 1. The van der Waals surface area contributed by atoms with Crippen molar-refractivity contribution in [2.45, 2.75) is 58.9 Å². The van der Waals surface area contributed by atoms with Crippen molar-refractivity contribution in [1.82, 2.24) is 15.5 Å². The van der Waals surface area contributed by atoms with E-state index in [9.17, 15) is 5.11 Å². The third-order valence-corrected chi connectivity index (χ3v) is 3.78. The molecule has 0 saturated heterocycles. The van der Waals surface area contributed by atoms with Crippen LogP contribution >= 0.6 is 0 Å². The largest absolute Gasteiger partial charge is 0.507 e. The molecule has 126 valence electrons. The fraction of sp³-hybridized carbons (Fsp3) is 0.556. The number of rotatable bonds is 3. The van der Waals surface area contributed by atoms with E-state index in [0.717, 1.165) is 16.7 Å². The number of hydrogen-bond donors (Lipinski definition) is 2. The second-order valence-corrected chi connectivity index (χ2v) is 7.97. The Morgan fingerprint density at radius 2 is 1.57 bits per heavy atom. The summed E-state index contributed by atoms with van der Waals surface area (Å²) in [6.07, 6.45) is 0. The molecule has 23 heavy (non-hydrogen) atoms. The topological polar surface area (TPSA) is 71.2 Å². The standard InChI is InChI=1S/C18H27N3O2/c1-17(2,3)12-8-11(9-13(15(12)22)18(4,5)6)16-20-14(10-19-7)21-23-16/h8-9,19,22H,10H2,1-7H3. The van der Waals surface area contributed by atoms with Gasteiger partial charge in [0.15, 0.2) is 5.82 Å². The van der Waals surface area contributed by atoms with Gasteiger partial charge in [-0.1, -0.05) is 46.7 Å². The Morgan fingerprint density at radius 1 is 1.04 bits per heavy atom. The second kappa shape index (κ2) is 5.96. The van der Waals surface area contributed by atoms with Crippen molar-refractivity contribution in [2.24, 2.45) is 0 Å². The number of aromatic nitrogens is 2. The first kappa shape index (κ1) is 17.5. The summed E-state index contributed by atoms with van der Waals surface area (Å²) in [7, 11) is 1.84. The van der Waals surface area contributed by atoms with Crippen LogP contribution in [-0.4, -0.2) is 22.3 Å². The van der Waals surface area contributed by atoms with Crippen molar-refractivity contribution < 1.29 is 9.63 Å². The van der Waals surface area contributed by atoms with Crippen LogP contribution in [-0.2, 0) is 17.4 Å². The molecule has 0 saturated carbocycles. The Kier molecular flexibility index (Phi) is 4.53. The van der Waals surface area contributed by atoms with E-state index in [4.69, 9.17) is 4.52 Å². The molecule has 2 rings (SSSR count). The lowest BCUT2D eigenvalue weighted by Crippen LogP contribution is -2.17. The maximum atomic E-state index is 10.7. The molecule has 0 aliphatic carbocycles. The van der Waals surface area contributed by atoms with Gasteiger partial charge in [0.2, 0.25) is 0 Å². The average Bonchev–Trinajstić information content (AvgIpc) is 2.85. The van der Waals surface area contributed by atoms with E-state index in [0.29, 0.717) is 24.0 Å².